The van der Waals surface area contributed by atoms with Crippen molar-refractivity contribution in [2.24, 2.45) is 0 Å². The molecule has 0 saturated heterocycles. The van der Waals surface area contributed by atoms with E-state index in [1.165, 1.54) is 0 Å². The van der Waals surface area contributed by atoms with Gasteiger partial charge in [0.05, 0.1) is 17.0 Å². The summed E-state index contributed by atoms with van der Waals surface area (Å²) in [5, 5.41) is 8.83. The Bertz CT molecular complexity index is 799. The first kappa shape index (κ1) is 14.1. The second-order valence-corrected chi connectivity index (χ2v) is 5.65. The van der Waals surface area contributed by atoms with Crippen molar-refractivity contribution < 1.29 is 4.79 Å². The molecule has 2 aromatic rings. The molecule has 2 aromatic carbocycles. The molecule has 1 unspecified atom stereocenters. The fourth-order valence-corrected chi connectivity index (χ4v) is 2.87. The highest BCUT2D eigenvalue weighted by Gasteiger charge is 2.43. The van der Waals surface area contributed by atoms with Crippen molar-refractivity contribution in [1.29, 1.82) is 5.26 Å². The van der Waals surface area contributed by atoms with E-state index in [1.54, 1.807) is 17.0 Å². The van der Waals surface area contributed by atoms with Gasteiger partial charge in [0.2, 0.25) is 5.91 Å². The summed E-state index contributed by atoms with van der Waals surface area (Å²) in [5.74, 6) is 0.0681. The Balaban J connectivity index is 1.98. The molecule has 3 heteroatoms. The lowest BCUT2D eigenvalue weighted by atomic mass is 9.83. The van der Waals surface area contributed by atoms with Crippen molar-refractivity contribution >= 4 is 17.7 Å². The van der Waals surface area contributed by atoms with Crippen molar-refractivity contribution in [3.63, 3.8) is 0 Å². The van der Waals surface area contributed by atoms with E-state index in [0.717, 1.165) is 16.8 Å². The average molecular weight is 288 g/mol. The molecule has 0 N–H and O–H groups in total. The van der Waals surface area contributed by atoms with Crippen LogP contribution in [-0.2, 0) is 10.2 Å². The fraction of sp³-hybridized carbons (Fsp3) is 0.158. The number of carbonyl (C=O) groups excluding carboxylic acids is 1. The van der Waals surface area contributed by atoms with Crippen LogP contribution in [0.1, 0.15) is 23.6 Å². The molecule has 1 heterocycles. The number of hydrogen-bond acceptors (Lipinski definition) is 2. The van der Waals surface area contributed by atoms with Gasteiger partial charge in [0.1, 0.15) is 0 Å². The van der Waals surface area contributed by atoms with Gasteiger partial charge >= 0.3 is 0 Å². The number of benzene rings is 2. The topological polar surface area (TPSA) is 44.1 Å². The van der Waals surface area contributed by atoms with Gasteiger partial charge in [-0.05, 0) is 36.2 Å². The standard InChI is InChI=1S/C19H16N2O/c1-19(12-11-14-7-9-15(13-20)10-8-14)16-5-3-4-6-17(16)21(2)18(19)22/h3-12H,1-2H3/b12-11+. The minimum Gasteiger partial charge on any atom is -0.314 e. The minimum absolute atomic E-state index is 0.0681. The summed E-state index contributed by atoms with van der Waals surface area (Å²) < 4.78 is 0. The van der Waals surface area contributed by atoms with Crippen LogP contribution in [0.2, 0.25) is 0 Å². The largest absolute Gasteiger partial charge is 0.314 e. The van der Waals surface area contributed by atoms with Crippen molar-refractivity contribution in [1.82, 2.24) is 0 Å². The fourth-order valence-electron chi connectivity index (χ4n) is 2.87. The molecule has 108 valence electrons. The molecular formula is C19H16N2O. The van der Waals surface area contributed by atoms with Crippen LogP contribution in [-0.4, -0.2) is 13.0 Å². The summed E-state index contributed by atoms with van der Waals surface area (Å²) in [6.45, 7) is 1.94. The number of anilines is 1. The summed E-state index contributed by atoms with van der Waals surface area (Å²) in [4.78, 5) is 14.3. The molecule has 0 bridgehead atoms. The molecule has 1 aliphatic heterocycles. The quantitative estimate of drug-likeness (QED) is 0.849. The smallest absolute Gasteiger partial charge is 0.241 e. The molecule has 1 atom stereocenters. The van der Waals surface area contributed by atoms with Gasteiger partial charge in [-0.2, -0.15) is 5.26 Å². The number of carbonyl (C=O) groups is 1. The van der Waals surface area contributed by atoms with Gasteiger partial charge < -0.3 is 4.90 Å². The summed E-state index contributed by atoms with van der Waals surface area (Å²) in [6.07, 6.45) is 3.88. The van der Waals surface area contributed by atoms with E-state index in [1.807, 2.05) is 62.5 Å². The van der Waals surface area contributed by atoms with E-state index in [4.69, 9.17) is 5.26 Å². The Morgan fingerprint density at radius 1 is 1.14 bits per heavy atom. The maximum Gasteiger partial charge on any atom is 0.241 e. The van der Waals surface area contributed by atoms with Crippen LogP contribution < -0.4 is 4.90 Å². The molecule has 3 rings (SSSR count). The second kappa shape index (κ2) is 5.16. The third-order valence-corrected chi connectivity index (χ3v) is 4.22. The van der Waals surface area contributed by atoms with Crippen LogP contribution in [0.3, 0.4) is 0 Å². The molecule has 0 aliphatic carbocycles. The third-order valence-electron chi connectivity index (χ3n) is 4.22. The Morgan fingerprint density at radius 2 is 1.82 bits per heavy atom. The summed E-state index contributed by atoms with van der Waals surface area (Å²) in [7, 11) is 1.81. The first-order valence-corrected chi connectivity index (χ1v) is 7.13. The Kier molecular flexibility index (Phi) is 3.30. The van der Waals surface area contributed by atoms with E-state index in [9.17, 15) is 4.79 Å². The molecule has 1 amide bonds. The number of hydrogen-bond donors (Lipinski definition) is 0. The average Bonchev–Trinajstić information content (AvgIpc) is 2.76. The van der Waals surface area contributed by atoms with E-state index in [2.05, 4.69) is 6.07 Å². The molecule has 0 fully saturated rings. The molecule has 22 heavy (non-hydrogen) atoms. The number of para-hydroxylation sites is 1. The Hall–Kier alpha value is -2.86. The number of fused-ring (bicyclic) bond motifs is 1. The lowest BCUT2D eigenvalue weighted by Crippen LogP contribution is -2.34. The second-order valence-electron chi connectivity index (χ2n) is 5.65. The molecule has 0 spiro atoms. The van der Waals surface area contributed by atoms with Crippen LogP contribution in [0, 0.1) is 11.3 Å². The highest BCUT2D eigenvalue weighted by molar-refractivity contribution is 6.09. The van der Waals surface area contributed by atoms with Gasteiger partial charge in [-0.3, -0.25) is 4.79 Å². The van der Waals surface area contributed by atoms with Crippen molar-refractivity contribution in [3.8, 4) is 6.07 Å². The van der Waals surface area contributed by atoms with Crippen LogP contribution in [0.4, 0.5) is 5.69 Å². The molecular weight excluding hydrogens is 272 g/mol. The van der Waals surface area contributed by atoms with Crippen LogP contribution >= 0.6 is 0 Å². The zero-order valence-corrected chi connectivity index (χ0v) is 12.6. The summed E-state index contributed by atoms with van der Waals surface area (Å²) in [5.41, 5.74) is 2.93. The predicted octanol–water partition coefficient (Wildman–Crippen LogP) is 3.51. The van der Waals surface area contributed by atoms with Crippen LogP contribution in [0.5, 0.6) is 0 Å². The number of amides is 1. The summed E-state index contributed by atoms with van der Waals surface area (Å²) >= 11 is 0. The van der Waals surface area contributed by atoms with Crippen LogP contribution in [0.15, 0.2) is 54.6 Å². The first-order chi connectivity index (χ1) is 10.6. The normalized spacial score (nSPS) is 20.2. The zero-order chi connectivity index (χ0) is 15.7. The number of nitriles is 1. The number of nitrogens with zero attached hydrogens (tertiary/aromatic N) is 2. The van der Waals surface area contributed by atoms with E-state index < -0.39 is 5.41 Å². The monoisotopic (exact) mass is 288 g/mol. The lowest BCUT2D eigenvalue weighted by molar-refractivity contribution is -0.120. The highest BCUT2D eigenvalue weighted by Crippen LogP contribution is 2.42. The van der Waals surface area contributed by atoms with E-state index in [-0.39, 0.29) is 5.91 Å². The van der Waals surface area contributed by atoms with Gasteiger partial charge in [-0.15, -0.1) is 0 Å². The number of likely N-dealkylation sites (N-methyl/N-ethyl adjacent to an activating group) is 1. The molecule has 0 saturated carbocycles. The Labute approximate surface area is 130 Å². The van der Waals surface area contributed by atoms with Crippen molar-refractivity contribution in [2.75, 3.05) is 11.9 Å². The lowest BCUT2D eigenvalue weighted by Gasteiger charge is -2.18. The molecule has 1 aliphatic rings. The van der Waals surface area contributed by atoms with Crippen molar-refractivity contribution in [2.45, 2.75) is 12.3 Å². The number of rotatable bonds is 2. The van der Waals surface area contributed by atoms with Gasteiger partial charge in [0, 0.05) is 12.7 Å². The zero-order valence-electron chi connectivity index (χ0n) is 12.6. The predicted molar refractivity (Wildman–Crippen MR) is 87.4 cm³/mol. The molecule has 3 nitrogen and oxygen atoms in total. The van der Waals surface area contributed by atoms with E-state index in [0.29, 0.717) is 5.56 Å². The van der Waals surface area contributed by atoms with Gasteiger partial charge in [0.15, 0.2) is 0 Å². The molecule has 0 radical (unpaired) electrons. The first-order valence-electron chi connectivity index (χ1n) is 7.13. The highest BCUT2D eigenvalue weighted by atomic mass is 16.2. The van der Waals surface area contributed by atoms with Gasteiger partial charge in [-0.1, -0.05) is 42.5 Å². The maximum atomic E-state index is 12.6. The molecule has 0 aromatic heterocycles. The van der Waals surface area contributed by atoms with Gasteiger partial charge in [-0.25, -0.2) is 0 Å². The summed E-state index contributed by atoms with van der Waals surface area (Å²) in [6, 6.07) is 17.3. The van der Waals surface area contributed by atoms with Crippen LogP contribution in [0.25, 0.3) is 6.08 Å². The van der Waals surface area contributed by atoms with Crippen molar-refractivity contribution in [3.05, 3.63) is 71.3 Å². The van der Waals surface area contributed by atoms with Gasteiger partial charge in [0.25, 0.3) is 0 Å². The Morgan fingerprint density at radius 3 is 2.50 bits per heavy atom. The minimum atomic E-state index is -0.654. The SMILES string of the molecule is CN1C(=O)C(C)(/C=C/c2ccc(C#N)cc2)c2ccccc21. The van der Waals surface area contributed by atoms with E-state index >= 15 is 0 Å². The maximum absolute atomic E-state index is 12.6. The third kappa shape index (κ3) is 2.10.